The van der Waals surface area contributed by atoms with E-state index in [-0.39, 0.29) is 5.54 Å². The number of hydrogen-bond acceptors (Lipinski definition) is 2. The molecule has 1 saturated carbocycles. The van der Waals surface area contributed by atoms with Gasteiger partial charge in [0.2, 0.25) is 0 Å². The predicted molar refractivity (Wildman–Crippen MR) is 53.5 cm³/mol. The van der Waals surface area contributed by atoms with Gasteiger partial charge in [-0.2, -0.15) is 0 Å². The summed E-state index contributed by atoms with van der Waals surface area (Å²) in [6.07, 6.45) is 6.18. The zero-order valence-electron chi connectivity index (χ0n) is 8.59. The molecule has 0 atom stereocenters. The third kappa shape index (κ3) is 2.23. The number of hydrogen-bond donors (Lipinski definition) is 1. The summed E-state index contributed by atoms with van der Waals surface area (Å²) in [5, 5.41) is 0. The van der Waals surface area contributed by atoms with Gasteiger partial charge in [-0.3, -0.25) is 0 Å². The van der Waals surface area contributed by atoms with E-state index < -0.39 is 0 Å². The van der Waals surface area contributed by atoms with Crippen LogP contribution >= 0.6 is 0 Å². The fraction of sp³-hybridized carbons (Fsp3) is 1.00. The Morgan fingerprint density at radius 3 is 2.46 bits per heavy atom. The van der Waals surface area contributed by atoms with Crippen molar-refractivity contribution in [3.05, 3.63) is 0 Å². The molecule has 0 radical (unpaired) electrons. The van der Waals surface area contributed by atoms with Crippen molar-refractivity contribution in [2.45, 2.75) is 44.6 Å². The summed E-state index contributed by atoms with van der Waals surface area (Å²) in [5.41, 5.74) is 6.48. The monoisotopic (exact) mass is 183 g/mol. The van der Waals surface area contributed by atoms with Crippen molar-refractivity contribution in [2.24, 2.45) is 17.6 Å². The van der Waals surface area contributed by atoms with Crippen LogP contribution in [0.2, 0.25) is 0 Å². The summed E-state index contributed by atoms with van der Waals surface area (Å²) in [5.74, 6) is 1.70. The van der Waals surface area contributed by atoms with E-state index in [9.17, 15) is 0 Å². The minimum absolute atomic E-state index is 0.196. The highest BCUT2D eigenvalue weighted by molar-refractivity contribution is 4.97. The molecule has 1 saturated heterocycles. The van der Waals surface area contributed by atoms with Gasteiger partial charge in [0.15, 0.2) is 0 Å². The quantitative estimate of drug-likeness (QED) is 0.710. The van der Waals surface area contributed by atoms with Crippen LogP contribution in [-0.2, 0) is 4.74 Å². The second-order valence-electron chi connectivity index (χ2n) is 5.14. The van der Waals surface area contributed by atoms with Crippen LogP contribution in [0.3, 0.4) is 0 Å². The Kier molecular flexibility index (Phi) is 2.61. The molecule has 2 aliphatic rings. The molecule has 2 nitrogen and oxygen atoms in total. The SMILES string of the molecule is CC1CC(N)(CC2CCOCC2)C1. The Morgan fingerprint density at radius 1 is 1.31 bits per heavy atom. The van der Waals surface area contributed by atoms with Crippen LogP contribution in [0.4, 0.5) is 0 Å². The Labute approximate surface area is 80.8 Å². The lowest BCUT2D eigenvalue weighted by molar-refractivity contribution is 0.0394. The molecule has 13 heavy (non-hydrogen) atoms. The van der Waals surface area contributed by atoms with Crippen LogP contribution in [0, 0.1) is 11.8 Å². The van der Waals surface area contributed by atoms with Crippen LogP contribution in [0.25, 0.3) is 0 Å². The smallest absolute Gasteiger partial charge is 0.0468 e. The molecule has 0 aromatic carbocycles. The van der Waals surface area contributed by atoms with Gasteiger partial charge in [-0.15, -0.1) is 0 Å². The van der Waals surface area contributed by atoms with Crippen molar-refractivity contribution in [1.29, 1.82) is 0 Å². The molecule has 2 N–H and O–H groups in total. The molecule has 0 aromatic rings. The topological polar surface area (TPSA) is 35.2 Å². The summed E-state index contributed by atoms with van der Waals surface area (Å²) in [4.78, 5) is 0. The summed E-state index contributed by atoms with van der Waals surface area (Å²) in [6.45, 7) is 4.21. The van der Waals surface area contributed by atoms with Gasteiger partial charge >= 0.3 is 0 Å². The Morgan fingerprint density at radius 2 is 1.92 bits per heavy atom. The summed E-state index contributed by atoms with van der Waals surface area (Å²) in [6, 6.07) is 0. The van der Waals surface area contributed by atoms with Crippen molar-refractivity contribution in [2.75, 3.05) is 13.2 Å². The van der Waals surface area contributed by atoms with Gasteiger partial charge in [-0.25, -0.2) is 0 Å². The fourth-order valence-corrected chi connectivity index (χ4v) is 3.02. The molecule has 0 unspecified atom stereocenters. The zero-order chi connectivity index (χ0) is 9.31. The normalized spacial score (nSPS) is 41.5. The fourth-order valence-electron chi connectivity index (χ4n) is 3.02. The Bertz CT molecular complexity index is 169. The lowest BCUT2D eigenvalue weighted by atomic mass is 9.65. The van der Waals surface area contributed by atoms with E-state index in [1.54, 1.807) is 0 Å². The van der Waals surface area contributed by atoms with Crippen LogP contribution in [0.5, 0.6) is 0 Å². The van der Waals surface area contributed by atoms with Crippen LogP contribution < -0.4 is 5.73 Å². The number of nitrogens with two attached hydrogens (primary N) is 1. The molecule has 2 heteroatoms. The highest BCUT2D eigenvalue weighted by Gasteiger charge is 2.39. The highest BCUT2D eigenvalue weighted by atomic mass is 16.5. The maximum Gasteiger partial charge on any atom is 0.0468 e. The molecule has 2 fully saturated rings. The molecule has 76 valence electrons. The van der Waals surface area contributed by atoms with Crippen molar-refractivity contribution in [3.63, 3.8) is 0 Å². The standard InChI is InChI=1S/C11H21NO/c1-9-6-11(12,7-9)8-10-2-4-13-5-3-10/h9-10H,2-8,12H2,1H3. The van der Waals surface area contributed by atoms with Gasteiger partial charge in [-0.1, -0.05) is 6.92 Å². The maximum absolute atomic E-state index is 6.28. The van der Waals surface area contributed by atoms with E-state index in [1.165, 1.54) is 32.1 Å². The van der Waals surface area contributed by atoms with Crippen molar-refractivity contribution in [1.82, 2.24) is 0 Å². The van der Waals surface area contributed by atoms with Crippen LogP contribution in [-0.4, -0.2) is 18.8 Å². The third-order valence-corrected chi connectivity index (χ3v) is 3.55. The van der Waals surface area contributed by atoms with Gasteiger partial charge in [0, 0.05) is 18.8 Å². The van der Waals surface area contributed by atoms with E-state index in [0.29, 0.717) is 0 Å². The van der Waals surface area contributed by atoms with Crippen molar-refractivity contribution >= 4 is 0 Å². The number of ether oxygens (including phenoxy) is 1. The molecule has 0 spiro atoms. The molecule has 0 aromatic heterocycles. The largest absolute Gasteiger partial charge is 0.381 e. The summed E-state index contributed by atoms with van der Waals surface area (Å²) >= 11 is 0. The first-order valence-corrected chi connectivity index (χ1v) is 5.55. The molecule has 1 aliphatic heterocycles. The number of rotatable bonds is 2. The van der Waals surface area contributed by atoms with Gasteiger partial charge in [0.1, 0.15) is 0 Å². The first-order valence-electron chi connectivity index (χ1n) is 5.55. The lowest BCUT2D eigenvalue weighted by Crippen LogP contribution is -2.52. The van der Waals surface area contributed by atoms with Gasteiger partial charge in [-0.05, 0) is 43.9 Å². The van der Waals surface area contributed by atoms with Crippen LogP contribution in [0.1, 0.15) is 39.0 Å². The van der Waals surface area contributed by atoms with Crippen molar-refractivity contribution in [3.8, 4) is 0 Å². The minimum atomic E-state index is 0.196. The van der Waals surface area contributed by atoms with Gasteiger partial charge in [0.25, 0.3) is 0 Å². The van der Waals surface area contributed by atoms with E-state index in [0.717, 1.165) is 25.0 Å². The van der Waals surface area contributed by atoms with E-state index in [1.807, 2.05) is 0 Å². The molecule has 2 rings (SSSR count). The van der Waals surface area contributed by atoms with Gasteiger partial charge < -0.3 is 10.5 Å². The molecule has 1 aliphatic carbocycles. The lowest BCUT2D eigenvalue weighted by Gasteiger charge is -2.46. The molecule has 0 bridgehead atoms. The van der Waals surface area contributed by atoms with E-state index in [4.69, 9.17) is 10.5 Å². The first kappa shape index (κ1) is 9.47. The molecular formula is C11H21NO. The Balaban J connectivity index is 1.76. The minimum Gasteiger partial charge on any atom is -0.381 e. The third-order valence-electron chi connectivity index (χ3n) is 3.55. The second kappa shape index (κ2) is 3.58. The van der Waals surface area contributed by atoms with E-state index >= 15 is 0 Å². The van der Waals surface area contributed by atoms with E-state index in [2.05, 4.69) is 6.92 Å². The van der Waals surface area contributed by atoms with Crippen molar-refractivity contribution < 1.29 is 4.74 Å². The van der Waals surface area contributed by atoms with Gasteiger partial charge in [0.05, 0.1) is 0 Å². The highest BCUT2D eigenvalue weighted by Crippen LogP contribution is 2.41. The average molecular weight is 183 g/mol. The molecular weight excluding hydrogens is 162 g/mol. The zero-order valence-corrected chi connectivity index (χ0v) is 8.59. The first-order chi connectivity index (χ1) is 6.18. The average Bonchev–Trinajstić information content (AvgIpc) is 2.03. The summed E-state index contributed by atoms with van der Waals surface area (Å²) in [7, 11) is 0. The van der Waals surface area contributed by atoms with Crippen LogP contribution in [0.15, 0.2) is 0 Å². The Hall–Kier alpha value is -0.0800. The maximum atomic E-state index is 6.28. The second-order valence-corrected chi connectivity index (χ2v) is 5.14. The summed E-state index contributed by atoms with van der Waals surface area (Å²) < 4.78 is 5.35. The molecule has 0 amide bonds. The predicted octanol–water partition coefficient (Wildman–Crippen LogP) is 1.93. The molecule has 1 heterocycles.